The minimum absolute atomic E-state index is 0.182. The topological polar surface area (TPSA) is 53.7 Å². The molecule has 0 aromatic heterocycles. The normalized spacial score (nSPS) is 11.2. The maximum atomic E-state index is 13.0. The molecule has 0 aliphatic rings. The van der Waals surface area contributed by atoms with Crippen LogP contribution in [0.3, 0.4) is 0 Å². The molecule has 3 aromatic rings. The Labute approximate surface area is 166 Å². The van der Waals surface area contributed by atoms with Crippen LogP contribution in [0.1, 0.15) is 5.56 Å². The molecule has 4 nitrogen and oxygen atoms in total. The largest absolute Gasteiger partial charge is 0.573 e. The van der Waals surface area contributed by atoms with Crippen LogP contribution in [0, 0.1) is 0 Å². The molecule has 3 rings (SSSR count). The summed E-state index contributed by atoms with van der Waals surface area (Å²) in [5.74, 6) is 0.308. The fourth-order valence-electron chi connectivity index (χ4n) is 2.75. The number of benzene rings is 3. The summed E-state index contributed by atoms with van der Waals surface area (Å²) >= 11 is 0. The molecule has 2 N–H and O–H groups in total. The van der Waals surface area contributed by atoms with Crippen molar-refractivity contribution < 1.29 is 27.4 Å². The van der Waals surface area contributed by atoms with Crippen LogP contribution in [0.5, 0.6) is 17.2 Å². The Morgan fingerprint density at radius 3 is 2.17 bits per heavy atom. The molecule has 0 radical (unpaired) electrons. The van der Waals surface area contributed by atoms with Crippen LogP contribution >= 0.6 is 0 Å². The Balaban J connectivity index is 1.94. The monoisotopic (exact) mass is 403 g/mol. The van der Waals surface area contributed by atoms with Gasteiger partial charge in [-0.05, 0) is 23.8 Å². The van der Waals surface area contributed by atoms with Crippen LogP contribution in [0.2, 0.25) is 0 Å². The van der Waals surface area contributed by atoms with Crippen molar-refractivity contribution in [1.82, 2.24) is 0 Å². The van der Waals surface area contributed by atoms with Gasteiger partial charge in [0.25, 0.3) is 0 Å². The second-order valence-corrected chi connectivity index (χ2v) is 6.11. The number of alkyl halides is 3. The van der Waals surface area contributed by atoms with E-state index in [-0.39, 0.29) is 36.8 Å². The summed E-state index contributed by atoms with van der Waals surface area (Å²) in [6, 6.07) is 20.6. The molecule has 0 bridgehead atoms. The van der Waals surface area contributed by atoms with Crippen molar-refractivity contribution in [3.8, 4) is 28.4 Å². The zero-order chi connectivity index (χ0) is 20.7. The minimum Gasteiger partial charge on any atom is -0.492 e. The van der Waals surface area contributed by atoms with Crippen molar-refractivity contribution in [3.05, 3.63) is 78.4 Å². The third-order valence-corrected chi connectivity index (χ3v) is 3.98. The fraction of sp³-hybridized carbons (Fsp3) is 0.182. The lowest BCUT2D eigenvalue weighted by atomic mass is 10.0. The number of hydrogen-bond donors (Lipinski definition) is 1. The fourth-order valence-corrected chi connectivity index (χ4v) is 2.75. The van der Waals surface area contributed by atoms with Gasteiger partial charge in [-0.25, -0.2) is 0 Å². The second-order valence-electron chi connectivity index (χ2n) is 6.11. The third kappa shape index (κ3) is 5.89. The number of rotatable bonds is 8. The van der Waals surface area contributed by atoms with Crippen LogP contribution in [0.25, 0.3) is 11.1 Å². The predicted molar refractivity (Wildman–Crippen MR) is 104 cm³/mol. The lowest BCUT2D eigenvalue weighted by Crippen LogP contribution is -2.18. The summed E-state index contributed by atoms with van der Waals surface area (Å²) in [7, 11) is 0. The highest BCUT2D eigenvalue weighted by atomic mass is 19.4. The Morgan fingerprint density at radius 1 is 0.759 bits per heavy atom. The van der Waals surface area contributed by atoms with Crippen molar-refractivity contribution in [1.29, 1.82) is 0 Å². The van der Waals surface area contributed by atoms with Crippen LogP contribution < -0.4 is 19.9 Å². The second kappa shape index (κ2) is 9.34. The van der Waals surface area contributed by atoms with E-state index in [1.54, 1.807) is 30.3 Å². The highest BCUT2D eigenvalue weighted by Gasteiger charge is 2.32. The van der Waals surface area contributed by atoms with Crippen molar-refractivity contribution >= 4 is 0 Å². The Kier molecular flexibility index (Phi) is 6.61. The molecule has 0 atom stereocenters. The van der Waals surface area contributed by atoms with E-state index < -0.39 is 6.36 Å². The molecule has 0 fully saturated rings. The molecule has 0 heterocycles. The maximum Gasteiger partial charge on any atom is 0.573 e. The molecule has 3 aromatic carbocycles. The van der Waals surface area contributed by atoms with Crippen LogP contribution in [0.15, 0.2) is 72.8 Å². The molecular formula is C22H20F3NO3. The van der Waals surface area contributed by atoms with E-state index in [2.05, 4.69) is 4.74 Å². The van der Waals surface area contributed by atoms with Gasteiger partial charge in [0.2, 0.25) is 0 Å². The van der Waals surface area contributed by atoms with E-state index in [1.165, 1.54) is 12.1 Å². The van der Waals surface area contributed by atoms with Crippen molar-refractivity contribution in [3.63, 3.8) is 0 Å². The molecule has 0 saturated carbocycles. The average molecular weight is 403 g/mol. The molecular weight excluding hydrogens is 383 g/mol. The molecule has 0 unspecified atom stereocenters. The Bertz CT molecular complexity index is 930. The Hall–Kier alpha value is -3.19. The quantitative estimate of drug-likeness (QED) is 0.564. The number of halogens is 3. The standard InChI is InChI=1S/C22H20F3NO3/c23-22(24,25)29-21-14-17(27-13-12-26)10-11-19(21)18-8-4-5-9-20(18)28-15-16-6-2-1-3-7-16/h1-11,14H,12-13,15,26H2. The average Bonchev–Trinajstić information content (AvgIpc) is 2.71. The highest BCUT2D eigenvalue weighted by molar-refractivity contribution is 5.76. The van der Waals surface area contributed by atoms with Gasteiger partial charge in [0.05, 0.1) is 0 Å². The lowest BCUT2D eigenvalue weighted by molar-refractivity contribution is -0.274. The molecule has 0 spiro atoms. The van der Waals surface area contributed by atoms with E-state index >= 15 is 0 Å². The summed E-state index contributed by atoms with van der Waals surface area (Å²) in [5, 5.41) is 0. The summed E-state index contributed by atoms with van der Waals surface area (Å²) < 4.78 is 54.4. The van der Waals surface area contributed by atoms with Crippen LogP contribution in [0.4, 0.5) is 13.2 Å². The third-order valence-electron chi connectivity index (χ3n) is 3.98. The van der Waals surface area contributed by atoms with E-state index in [0.29, 0.717) is 11.3 Å². The molecule has 152 valence electrons. The summed E-state index contributed by atoms with van der Waals surface area (Å²) in [4.78, 5) is 0. The molecule has 0 saturated heterocycles. The first-order valence-corrected chi connectivity index (χ1v) is 8.95. The lowest BCUT2D eigenvalue weighted by Gasteiger charge is -2.17. The first kappa shape index (κ1) is 20.5. The number of hydrogen-bond acceptors (Lipinski definition) is 4. The summed E-state index contributed by atoms with van der Waals surface area (Å²) in [6.45, 7) is 0.708. The first-order valence-electron chi connectivity index (χ1n) is 8.95. The molecule has 29 heavy (non-hydrogen) atoms. The first-order chi connectivity index (χ1) is 14.0. The van der Waals surface area contributed by atoms with Gasteiger partial charge in [-0.15, -0.1) is 13.2 Å². The SMILES string of the molecule is NCCOc1ccc(-c2ccccc2OCc2ccccc2)c(OC(F)(F)F)c1. The number of para-hydroxylation sites is 1. The van der Waals surface area contributed by atoms with E-state index in [1.807, 2.05) is 30.3 Å². The molecule has 0 amide bonds. The van der Waals surface area contributed by atoms with Gasteiger partial charge in [-0.1, -0.05) is 48.5 Å². The molecule has 7 heteroatoms. The van der Waals surface area contributed by atoms with Crippen LogP contribution in [-0.2, 0) is 6.61 Å². The van der Waals surface area contributed by atoms with Crippen LogP contribution in [-0.4, -0.2) is 19.5 Å². The van der Waals surface area contributed by atoms with Gasteiger partial charge in [0, 0.05) is 23.7 Å². The predicted octanol–water partition coefficient (Wildman–Crippen LogP) is 5.17. The smallest absolute Gasteiger partial charge is 0.492 e. The summed E-state index contributed by atoms with van der Waals surface area (Å²) in [6.07, 6.45) is -4.85. The van der Waals surface area contributed by atoms with E-state index in [4.69, 9.17) is 15.2 Å². The number of nitrogens with two attached hydrogens (primary N) is 1. The molecule has 0 aliphatic carbocycles. The van der Waals surface area contributed by atoms with Crippen molar-refractivity contribution in [2.24, 2.45) is 5.73 Å². The number of ether oxygens (including phenoxy) is 3. The maximum absolute atomic E-state index is 13.0. The van der Waals surface area contributed by atoms with Crippen molar-refractivity contribution in [2.45, 2.75) is 13.0 Å². The van der Waals surface area contributed by atoms with E-state index in [9.17, 15) is 13.2 Å². The summed E-state index contributed by atoms with van der Waals surface area (Å²) in [5.41, 5.74) is 7.05. The highest BCUT2D eigenvalue weighted by Crippen LogP contribution is 2.40. The van der Waals surface area contributed by atoms with Gasteiger partial charge < -0.3 is 19.9 Å². The zero-order valence-electron chi connectivity index (χ0n) is 15.5. The van der Waals surface area contributed by atoms with Gasteiger partial charge >= 0.3 is 6.36 Å². The van der Waals surface area contributed by atoms with E-state index in [0.717, 1.165) is 5.56 Å². The minimum atomic E-state index is -4.85. The molecule has 0 aliphatic heterocycles. The van der Waals surface area contributed by atoms with Gasteiger partial charge in [0.15, 0.2) is 0 Å². The van der Waals surface area contributed by atoms with Crippen molar-refractivity contribution in [2.75, 3.05) is 13.2 Å². The van der Waals surface area contributed by atoms with Gasteiger partial charge in [-0.2, -0.15) is 0 Å². The Morgan fingerprint density at radius 2 is 1.45 bits per heavy atom. The van der Waals surface area contributed by atoms with Gasteiger partial charge in [-0.3, -0.25) is 0 Å². The zero-order valence-corrected chi connectivity index (χ0v) is 15.5. The van der Waals surface area contributed by atoms with Gasteiger partial charge in [0.1, 0.15) is 30.5 Å².